The molecule has 118 valence electrons. The summed E-state index contributed by atoms with van der Waals surface area (Å²) in [4.78, 5) is 13.4. The van der Waals surface area contributed by atoms with Gasteiger partial charge < -0.3 is 10.4 Å². The quantitative estimate of drug-likeness (QED) is 0.596. The molecule has 20 heavy (non-hydrogen) atoms. The molecule has 0 aromatic rings. The highest BCUT2D eigenvalue weighted by Crippen LogP contribution is 2.10. The van der Waals surface area contributed by atoms with E-state index in [0.29, 0.717) is 0 Å². The molecule has 1 heterocycles. The molecule has 0 bridgehead atoms. The summed E-state index contributed by atoms with van der Waals surface area (Å²) in [5, 5.41) is 10.7. The van der Waals surface area contributed by atoms with Crippen LogP contribution >= 0.6 is 0 Å². The lowest BCUT2D eigenvalue weighted by Crippen LogP contribution is -2.17. The van der Waals surface area contributed by atoms with E-state index in [2.05, 4.69) is 17.2 Å². The summed E-state index contributed by atoms with van der Waals surface area (Å²) in [5.41, 5.74) is 0. The van der Waals surface area contributed by atoms with Crippen LogP contribution in [0.15, 0.2) is 4.99 Å². The van der Waals surface area contributed by atoms with Gasteiger partial charge in [-0.3, -0.25) is 9.79 Å². The van der Waals surface area contributed by atoms with Gasteiger partial charge in [-0.2, -0.15) is 0 Å². The number of amidine groups is 1. The number of aliphatic imine (C=N–C) groups is 1. The number of carboxylic acids is 1. The van der Waals surface area contributed by atoms with Gasteiger partial charge in [-0.1, -0.05) is 58.3 Å². The van der Waals surface area contributed by atoms with Crippen LogP contribution in [-0.2, 0) is 4.79 Å². The van der Waals surface area contributed by atoms with Gasteiger partial charge in [0.05, 0.1) is 12.4 Å². The Hall–Kier alpha value is -1.06. The Morgan fingerprint density at radius 2 is 1.60 bits per heavy atom. The van der Waals surface area contributed by atoms with Crippen molar-refractivity contribution in [3.05, 3.63) is 0 Å². The molecule has 0 unspecified atom stereocenters. The summed E-state index contributed by atoms with van der Waals surface area (Å²) in [6, 6.07) is 0. The van der Waals surface area contributed by atoms with Crippen LogP contribution in [0.25, 0.3) is 0 Å². The lowest BCUT2D eigenvalue weighted by Gasteiger charge is -2.03. The molecule has 0 radical (unpaired) electrons. The SMILES string of the molecule is CC(=O)O.CCCCCCCCCCCC1=NCCN1. The second-order valence-corrected chi connectivity index (χ2v) is 5.35. The van der Waals surface area contributed by atoms with Crippen LogP contribution in [-0.4, -0.2) is 30.0 Å². The molecule has 4 heteroatoms. The first-order valence-electron chi connectivity index (χ1n) is 8.13. The Kier molecular flexibility index (Phi) is 13.6. The lowest BCUT2D eigenvalue weighted by molar-refractivity contribution is -0.134. The molecule has 0 fully saturated rings. The second-order valence-electron chi connectivity index (χ2n) is 5.35. The van der Waals surface area contributed by atoms with Crippen molar-refractivity contribution in [2.24, 2.45) is 4.99 Å². The fourth-order valence-corrected chi connectivity index (χ4v) is 2.22. The number of carbonyl (C=O) groups is 1. The number of carboxylic acid groups (broad SMARTS) is 1. The highest BCUT2D eigenvalue weighted by molar-refractivity contribution is 5.83. The van der Waals surface area contributed by atoms with Crippen LogP contribution in [0.4, 0.5) is 0 Å². The molecule has 0 atom stereocenters. The zero-order valence-corrected chi connectivity index (χ0v) is 13.3. The average molecular weight is 284 g/mol. The minimum Gasteiger partial charge on any atom is -0.481 e. The fraction of sp³-hybridized carbons (Fsp3) is 0.875. The van der Waals surface area contributed by atoms with E-state index >= 15 is 0 Å². The third kappa shape index (κ3) is 15.0. The van der Waals surface area contributed by atoms with Gasteiger partial charge in [0.2, 0.25) is 0 Å². The van der Waals surface area contributed by atoms with Gasteiger partial charge in [-0.25, -0.2) is 0 Å². The van der Waals surface area contributed by atoms with E-state index in [1.807, 2.05) is 0 Å². The van der Waals surface area contributed by atoms with E-state index in [-0.39, 0.29) is 0 Å². The largest absolute Gasteiger partial charge is 0.481 e. The summed E-state index contributed by atoms with van der Waals surface area (Å²) in [6.07, 6.45) is 13.8. The Balaban J connectivity index is 0.000000796. The van der Waals surface area contributed by atoms with Crippen molar-refractivity contribution >= 4 is 11.8 Å². The highest BCUT2D eigenvalue weighted by atomic mass is 16.4. The van der Waals surface area contributed by atoms with Gasteiger partial charge in [0, 0.05) is 19.9 Å². The van der Waals surface area contributed by atoms with E-state index in [0.717, 1.165) is 20.0 Å². The maximum atomic E-state index is 9.00. The summed E-state index contributed by atoms with van der Waals surface area (Å²) in [5.74, 6) is 0.419. The van der Waals surface area contributed by atoms with Gasteiger partial charge in [0.15, 0.2) is 0 Å². The molecule has 0 saturated carbocycles. The van der Waals surface area contributed by atoms with E-state index in [1.165, 1.54) is 70.0 Å². The topological polar surface area (TPSA) is 61.7 Å². The number of hydrogen-bond donors (Lipinski definition) is 2. The molecule has 0 aromatic carbocycles. The van der Waals surface area contributed by atoms with Crippen LogP contribution in [0.3, 0.4) is 0 Å². The fourth-order valence-electron chi connectivity index (χ4n) is 2.22. The molecule has 0 spiro atoms. The maximum absolute atomic E-state index is 9.00. The summed E-state index contributed by atoms with van der Waals surface area (Å²) < 4.78 is 0. The van der Waals surface area contributed by atoms with Crippen LogP contribution < -0.4 is 5.32 Å². The smallest absolute Gasteiger partial charge is 0.300 e. The van der Waals surface area contributed by atoms with Crippen molar-refractivity contribution in [1.82, 2.24) is 5.32 Å². The van der Waals surface area contributed by atoms with Crippen molar-refractivity contribution in [3.8, 4) is 0 Å². The van der Waals surface area contributed by atoms with Crippen molar-refractivity contribution in [1.29, 1.82) is 0 Å². The predicted octanol–water partition coefficient (Wildman–Crippen LogP) is 4.00. The second kappa shape index (κ2) is 14.4. The first-order valence-corrected chi connectivity index (χ1v) is 8.13. The summed E-state index contributed by atoms with van der Waals surface area (Å²) >= 11 is 0. The number of nitrogens with one attached hydrogen (secondary N) is 1. The van der Waals surface area contributed by atoms with E-state index in [9.17, 15) is 0 Å². The third-order valence-electron chi connectivity index (χ3n) is 3.26. The van der Waals surface area contributed by atoms with Gasteiger partial charge in [-0.15, -0.1) is 0 Å². The van der Waals surface area contributed by atoms with Gasteiger partial charge in [0.25, 0.3) is 5.97 Å². The minimum atomic E-state index is -0.833. The molecule has 1 aliphatic rings. The molecular weight excluding hydrogens is 252 g/mol. The van der Waals surface area contributed by atoms with E-state index in [1.54, 1.807) is 0 Å². The number of rotatable bonds is 10. The monoisotopic (exact) mass is 284 g/mol. The molecule has 0 aromatic heterocycles. The highest BCUT2D eigenvalue weighted by Gasteiger charge is 2.03. The lowest BCUT2D eigenvalue weighted by atomic mass is 10.1. The van der Waals surface area contributed by atoms with Crippen molar-refractivity contribution in [2.45, 2.75) is 78.1 Å². The first kappa shape index (κ1) is 18.9. The molecule has 4 nitrogen and oxygen atoms in total. The zero-order chi connectivity index (χ0) is 15.1. The van der Waals surface area contributed by atoms with E-state index in [4.69, 9.17) is 9.90 Å². The van der Waals surface area contributed by atoms with Crippen molar-refractivity contribution < 1.29 is 9.90 Å². The molecule has 2 N–H and O–H groups in total. The predicted molar refractivity (Wildman–Crippen MR) is 85.5 cm³/mol. The molecule has 1 aliphatic heterocycles. The molecular formula is C16H32N2O2. The summed E-state index contributed by atoms with van der Waals surface area (Å²) in [7, 11) is 0. The third-order valence-corrected chi connectivity index (χ3v) is 3.26. The van der Waals surface area contributed by atoms with Crippen LogP contribution in [0.5, 0.6) is 0 Å². The Bertz CT molecular complexity index is 261. The maximum Gasteiger partial charge on any atom is 0.300 e. The number of aliphatic carboxylic acids is 1. The Morgan fingerprint density at radius 3 is 2.05 bits per heavy atom. The van der Waals surface area contributed by atoms with Crippen molar-refractivity contribution in [2.75, 3.05) is 13.1 Å². The van der Waals surface area contributed by atoms with Gasteiger partial charge >= 0.3 is 0 Å². The van der Waals surface area contributed by atoms with Crippen LogP contribution in [0, 0.1) is 0 Å². The standard InChI is InChI=1S/C14H28N2.C2H4O2/c1-2-3-4-5-6-7-8-9-10-11-14-15-12-13-16-14;1-2(3)4/h2-13H2,1H3,(H,15,16);1H3,(H,3,4). The number of unbranched alkanes of at least 4 members (excludes halogenated alkanes) is 8. The Labute approximate surface area is 124 Å². The number of hydrogen-bond acceptors (Lipinski definition) is 3. The first-order chi connectivity index (χ1) is 9.66. The molecule has 0 saturated heterocycles. The van der Waals surface area contributed by atoms with Crippen LogP contribution in [0.1, 0.15) is 78.1 Å². The van der Waals surface area contributed by atoms with E-state index < -0.39 is 5.97 Å². The normalized spacial score (nSPS) is 13.2. The van der Waals surface area contributed by atoms with Gasteiger partial charge in [0.1, 0.15) is 0 Å². The Morgan fingerprint density at radius 1 is 1.10 bits per heavy atom. The molecule has 1 rings (SSSR count). The number of nitrogens with zero attached hydrogens (tertiary/aromatic N) is 1. The van der Waals surface area contributed by atoms with Gasteiger partial charge in [-0.05, 0) is 6.42 Å². The minimum absolute atomic E-state index is 0.833. The molecule has 0 aliphatic carbocycles. The van der Waals surface area contributed by atoms with Crippen LogP contribution in [0.2, 0.25) is 0 Å². The zero-order valence-electron chi connectivity index (χ0n) is 13.3. The average Bonchev–Trinajstić information content (AvgIpc) is 2.89. The van der Waals surface area contributed by atoms with Crippen molar-refractivity contribution in [3.63, 3.8) is 0 Å². The molecule has 0 amide bonds. The summed E-state index contributed by atoms with van der Waals surface area (Å²) in [6.45, 7) is 5.42.